The average molecular weight is 392 g/mol. The third kappa shape index (κ3) is 6.50. The van der Waals surface area contributed by atoms with Crippen molar-refractivity contribution in [2.75, 3.05) is 20.1 Å². The number of aliphatic imine (C=N–C) groups is 1. The highest BCUT2D eigenvalue weighted by Gasteiger charge is 2.33. The molecule has 0 unspecified atom stereocenters. The minimum absolute atomic E-state index is 0.391. The largest absolute Gasteiger partial charge is 0.434 e. The fraction of sp³-hybridized carbons (Fsp3) is 0.400. The first-order valence-electron chi connectivity index (χ1n) is 7.45. The number of thiazole rings is 1. The summed E-state index contributed by atoms with van der Waals surface area (Å²) in [6, 6.07) is 3.63. The summed E-state index contributed by atoms with van der Waals surface area (Å²) >= 11 is 6.73. The number of alkyl halides is 3. The number of halogens is 4. The third-order valence-corrected chi connectivity index (χ3v) is 4.32. The van der Waals surface area contributed by atoms with Crippen LogP contribution in [0.25, 0.3) is 0 Å². The minimum Gasteiger partial charge on any atom is -0.356 e. The lowest BCUT2D eigenvalue weighted by Gasteiger charge is -2.11. The summed E-state index contributed by atoms with van der Waals surface area (Å²) < 4.78 is 37.5. The summed E-state index contributed by atoms with van der Waals surface area (Å²) in [5.41, 5.74) is 0.196. The second-order valence-corrected chi connectivity index (χ2v) is 6.37. The SMILES string of the molecule is CN=C(NCCc1ccc(Cl)nc1)NCCc1nc(C(F)(F)F)cs1. The second kappa shape index (κ2) is 9.00. The molecule has 25 heavy (non-hydrogen) atoms. The van der Waals surface area contributed by atoms with E-state index in [4.69, 9.17) is 11.6 Å². The number of hydrogen-bond donors (Lipinski definition) is 2. The van der Waals surface area contributed by atoms with E-state index in [1.165, 1.54) is 0 Å². The molecule has 2 aromatic heterocycles. The average Bonchev–Trinajstić information content (AvgIpc) is 3.04. The highest BCUT2D eigenvalue weighted by Crippen LogP contribution is 2.29. The van der Waals surface area contributed by atoms with Crippen LogP contribution in [0.15, 0.2) is 28.7 Å². The number of guanidine groups is 1. The van der Waals surface area contributed by atoms with Crippen LogP contribution in [0.1, 0.15) is 16.3 Å². The maximum Gasteiger partial charge on any atom is 0.434 e. The number of nitrogens with one attached hydrogen (secondary N) is 2. The number of aromatic nitrogens is 2. The van der Waals surface area contributed by atoms with Crippen LogP contribution in [-0.4, -0.2) is 36.1 Å². The van der Waals surface area contributed by atoms with Gasteiger partial charge < -0.3 is 10.6 Å². The standard InChI is InChI=1S/C15H17ClF3N5S/c1-20-14(21-6-4-10-2-3-12(16)23-8-10)22-7-5-13-24-11(9-25-13)15(17,18)19/h2-3,8-9H,4-7H2,1H3,(H2,20,21,22). The van der Waals surface area contributed by atoms with E-state index in [2.05, 4.69) is 25.6 Å². The first-order chi connectivity index (χ1) is 11.9. The molecule has 0 saturated carbocycles. The van der Waals surface area contributed by atoms with E-state index < -0.39 is 11.9 Å². The summed E-state index contributed by atoms with van der Waals surface area (Å²) in [7, 11) is 1.63. The first kappa shape index (κ1) is 19.5. The van der Waals surface area contributed by atoms with Crippen molar-refractivity contribution in [2.24, 2.45) is 4.99 Å². The van der Waals surface area contributed by atoms with E-state index in [1.807, 2.05) is 6.07 Å². The maximum absolute atomic E-state index is 12.5. The molecule has 0 aliphatic carbocycles. The normalized spacial score (nSPS) is 12.3. The Morgan fingerprint density at radius 2 is 1.96 bits per heavy atom. The van der Waals surface area contributed by atoms with Gasteiger partial charge >= 0.3 is 6.18 Å². The molecule has 136 valence electrons. The zero-order valence-corrected chi connectivity index (χ0v) is 15.0. The molecule has 0 amide bonds. The van der Waals surface area contributed by atoms with Crippen molar-refractivity contribution >= 4 is 28.9 Å². The van der Waals surface area contributed by atoms with Crippen molar-refractivity contribution in [2.45, 2.75) is 19.0 Å². The Balaban J connectivity index is 1.71. The topological polar surface area (TPSA) is 62.2 Å². The minimum atomic E-state index is -4.39. The summed E-state index contributed by atoms with van der Waals surface area (Å²) in [6.07, 6.45) is -1.55. The molecule has 10 heteroatoms. The van der Waals surface area contributed by atoms with Gasteiger partial charge in [0.2, 0.25) is 0 Å². The fourth-order valence-corrected chi connectivity index (χ4v) is 2.86. The van der Waals surface area contributed by atoms with Crippen molar-refractivity contribution < 1.29 is 13.2 Å². The van der Waals surface area contributed by atoms with Gasteiger partial charge in [-0.05, 0) is 18.1 Å². The lowest BCUT2D eigenvalue weighted by atomic mass is 10.2. The Morgan fingerprint density at radius 1 is 1.24 bits per heavy atom. The smallest absolute Gasteiger partial charge is 0.356 e. The molecule has 0 saturated heterocycles. The molecule has 0 aliphatic heterocycles. The summed E-state index contributed by atoms with van der Waals surface area (Å²) in [5.74, 6) is 0.578. The molecule has 0 spiro atoms. The molecule has 2 N–H and O–H groups in total. The number of rotatable bonds is 6. The summed E-state index contributed by atoms with van der Waals surface area (Å²) in [5, 5.41) is 8.09. The van der Waals surface area contributed by atoms with Gasteiger partial charge in [0.15, 0.2) is 11.7 Å². The van der Waals surface area contributed by atoms with E-state index >= 15 is 0 Å². The van der Waals surface area contributed by atoms with Crippen LogP contribution in [0.2, 0.25) is 5.15 Å². The van der Waals surface area contributed by atoms with Crippen LogP contribution in [-0.2, 0) is 19.0 Å². The Bertz CT molecular complexity index is 700. The lowest BCUT2D eigenvalue weighted by molar-refractivity contribution is -0.140. The van der Waals surface area contributed by atoms with E-state index in [-0.39, 0.29) is 0 Å². The Labute approximate surface area is 152 Å². The predicted octanol–water partition coefficient (Wildman–Crippen LogP) is 3.16. The van der Waals surface area contributed by atoms with Crippen LogP contribution < -0.4 is 10.6 Å². The molecule has 2 heterocycles. The highest BCUT2D eigenvalue weighted by molar-refractivity contribution is 7.09. The Morgan fingerprint density at radius 3 is 2.52 bits per heavy atom. The van der Waals surface area contributed by atoms with Crippen LogP contribution in [0, 0.1) is 0 Å². The lowest BCUT2D eigenvalue weighted by Crippen LogP contribution is -2.39. The van der Waals surface area contributed by atoms with Gasteiger partial charge in [-0.25, -0.2) is 9.97 Å². The van der Waals surface area contributed by atoms with Gasteiger partial charge in [-0.3, -0.25) is 4.99 Å². The fourth-order valence-electron chi connectivity index (χ4n) is 1.94. The van der Waals surface area contributed by atoms with Crippen molar-refractivity contribution in [3.63, 3.8) is 0 Å². The van der Waals surface area contributed by atoms with E-state index in [1.54, 1.807) is 19.3 Å². The van der Waals surface area contributed by atoms with E-state index in [0.717, 1.165) is 28.7 Å². The molecule has 0 fully saturated rings. The van der Waals surface area contributed by atoms with Gasteiger partial charge in [-0.1, -0.05) is 17.7 Å². The van der Waals surface area contributed by atoms with Gasteiger partial charge in [-0.15, -0.1) is 11.3 Å². The second-order valence-electron chi connectivity index (χ2n) is 5.04. The quantitative estimate of drug-likeness (QED) is 0.451. The van der Waals surface area contributed by atoms with E-state index in [9.17, 15) is 13.2 Å². The molecule has 0 aromatic carbocycles. The molecule has 0 bridgehead atoms. The monoisotopic (exact) mass is 391 g/mol. The van der Waals surface area contributed by atoms with E-state index in [0.29, 0.717) is 35.6 Å². The van der Waals surface area contributed by atoms with Crippen molar-refractivity contribution in [3.05, 3.63) is 45.1 Å². The Kier molecular flexibility index (Phi) is 7.01. The molecule has 0 radical (unpaired) electrons. The van der Waals surface area contributed by atoms with Crippen LogP contribution >= 0.6 is 22.9 Å². The van der Waals surface area contributed by atoms with Gasteiger partial charge in [0.1, 0.15) is 5.15 Å². The van der Waals surface area contributed by atoms with Crippen molar-refractivity contribution in [3.8, 4) is 0 Å². The predicted molar refractivity (Wildman–Crippen MR) is 93.1 cm³/mol. The summed E-state index contributed by atoms with van der Waals surface area (Å²) in [4.78, 5) is 11.7. The van der Waals surface area contributed by atoms with Gasteiger partial charge in [0.25, 0.3) is 0 Å². The molecule has 2 aromatic rings. The number of pyridine rings is 1. The molecule has 5 nitrogen and oxygen atoms in total. The van der Waals surface area contributed by atoms with Crippen molar-refractivity contribution in [1.29, 1.82) is 0 Å². The first-order valence-corrected chi connectivity index (χ1v) is 8.71. The zero-order valence-electron chi connectivity index (χ0n) is 13.4. The molecule has 0 atom stereocenters. The maximum atomic E-state index is 12.5. The zero-order chi connectivity index (χ0) is 18.3. The van der Waals surface area contributed by atoms with Gasteiger partial charge in [0.05, 0.1) is 5.01 Å². The van der Waals surface area contributed by atoms with Crippen LogP contribution in [0.3, 0.4) is 0 Å². The van der Waals surface area contributed by atoms with Crippen LogP contribution in [0.4, 0.5) is 13.2 Å². The van der Waals surface area contributed by atoms with Gasteiger partial charge in [-0.2, -0.15) is 13.2 Å². The highest BCUT2D eigenvalue weighted by atomic mass is 35.5. The molecule has 0 aliphatic rings. The number of hydrogen-bond acceptors (Lipinski definition) is 4. The number of nitrogens with zero attached hydrogens (tertiary/aromatic N) is 3. The molecular formula is C15H17ClF3N5S. The molecule has 2 rings (SSSR count). The van der Waals surface area contributed by atoms with Gasteiger partial charge in [0, 0.05) is 38.1 Å². The Hall–Kier alpha value is -1.87. The molecular weight excluding hydrogens is 375 g/mol. The third-order valence-electron chi connectivity index (χ3n) is 3.19. The van der Waals surface area contributed by atoms with Crippen molar-refractivity contribution in [1.82, 2.24) is 20.6 Å². The summed E-state index contributed by atoms with van der Waals surface area (Å²) in [6.45, 7) is 1.07. The van der Waals surface area contributed by atoms with Crippen LogP contribution in [0.5, 0.6) is 0 Å².